The Morgan fingerprint density at radius 3 is 2.71 bits per heavy atom. The first kappa shape index (κ1) is 22.4. The first-order chi connectivity index (χ1) is 9.24. The second-order valence-corrected chi connectivity index (χ2v) is 4.48. The van der Waals surface area contributed by atoms with Crippen LogP contribution in [0.25, 0.3) is 0 Å². The standard InChI is InChI=1S/C14H23N3O2.2ClH/c1-12(13-4-3-5-16-11-13)10-14(18)17-7-6-15-8-9-19-2;;/h3-5,11-12,15H,6-10H2,1-2H3,(H,17,18);2*1H. The van der Waals surface area contributed by atoms with Gasteiger partial charge >= 0.3 is 0 Å². The number of pyridine rings is 1. The maximum Gasteiger partial charge on any atom is 0.220 e. The maximum atomic E-state index is 11.7. The lowest BCUT2D eigenvalue weighted by Gasteiger charge is -2.11. The minimum atomic E-state index is 0. The van der Waals surface area contributed by atoms with Crippen molar-refractivity contribution in [3.05, 3.63) is 30.1 Å². The summed E-state index contributed by atoms with van der Waals surface area (Å²) < 4.78 is 4.92. The van der Waals surface area contributed by atoms with Crippen LogP contribution < -0.4 is 10.6 Å². The van der Waals surface area contributed by atoms with E-state index in [4.69, 9.17) is 4.74 Å². The third-order valence-corrected chi connectivity index (χ3v) is 2.85. The number of hydrogen-bond donors (Lipinski definition) is 2. The Balaban J connectivity index is 0. The molecule has 0 bridgehead atoms. The number of rotatable bonds is 9. The van der Waals surface area contributed by atoms with E-state index in [1.165, 1.54) is 0 Å². The van der Waals surface area contributed by atoms with E-state index in [1.807, 2.05) is 25.3 Å². The number of nitrogens with zero attached hydrogens (tertiary/aromatic N) is 1. The highest BCUT2D eigenvalue weighted by Gasteiger charge is 2.10. The normalized spacial score (nSPS) is 11.0. The van der Waals surface area contributed by atoms with Crippen molar-refractivity contribution in [3.8, 4) is 0 Å². The Morgan fingerprint density at radius 2 is 2.10 bits per heavy atom. The van der Waals surface area contributed by atoms with E-state index in [1.54, 1.807) is 13.3 Å². The van der Waals surface area contributed by atoms with Crippen LogP contribution in [0.1, 0.15) is 24.8 Å². The molecule has 0 saturated heterocycles. The average molecular weight is 338 g/mol. The molecule has 1 heterocycles. The molecule has 122 valence electrons. The second kappa shape index (κ2) is 14.1. The highest BCUT2D eigenvalue weighted by Crippen LogP contribution is 2.16. The van der Waals surface area contributed by atoms with Crippen LogP contribution in [0.2, 0.25) is 0 Å². The van der Waals surface area contributed by atoms with Crippen molar-refractivity contribution >= 4 is 30.7 Å². The molecule has 0 fully saturated rings. The summed E-state index contributed by atoms with van der Waals surface area (Å²) in [6.45, 7) is 4.93. The van der Waals surface area contributed by atoms with E-state index in [2.05, 4.69) is 15.6 Å². The Morgan fingerprint density at radius 1 is 1.33 bits per heavy atom. The maximum absolute atomic E-state index is 11.7. The van der Waals surface area contributed by atoms with Crippen molar-refractivity contribution in [2.75, 3.05) is 33.4 Å². The first-order valence-electron chi connectivity index (χ1n) is 6.60. The minimum Gasteiger partial charge on any atom is -0.383 e. The SMILES string of the molecule is COCCNCCNC(=O)CC(C)c1cccnc1.Cl.Cl. The molecular formula is C14H25Cl2N3O2. The fourth-order valence-corrected chi connectivity index (χ4v) is 1.73. The second-order valence-electron chi connectivity index (χ2n) is 4.48. The molecular weight excluding hydrogens is 313 g/mol. The number of nitrogens with one attached hydrogen (secondary N) is 2. The molecule has 0 aliphatic carbocycles. The monoisotopic (exact) mass is 337 g/mol. The number of carbonyl (C=O) groups is 1. The summed E-state index contributed by atoms with van der Waals surface area (Å²) in [5.74, 6) is 0.264. The van der Waals surface area contributed by atoms with Crippen LogP contribution in [-0.2, 0) is 9.53 Å². The smallest absolute Gasteiger partial charge is 0.220 e. The van der Waals surface area contributed by atoms with Crippen LogP contribution in [0.3, 0.4) is 0 Å². The van der Waals surface area contributed by atoms with Gasteiger partial charge in [-0.1, -0.05) is 13.0 Å². The molecule has 1 aromatic heterocycles. The van der Waals surface area contributed by atoms with Crippen LogP contribution in [0.15, 0.2) is 24.5 Å². The lowest BCUT2D eigenvalue weighted by atomic mass is 9.99. The van der Waals surface area contributed by atoms with E-state index >= 15 is 0 Å². The summed E-state index contributed by atoms with van der Waals surface area (Å²) in [6, 6.07) is 3.89. The Hall–Kier alpha value is -0.880. The lowest BCUT2D eigenvalue weighted by Crippen LogP contribution is -2.33. The minimum absolute atomic E-state index is 0. The van der Waals surface area contributed by atoms with Gasteiger partial charge in [-0.25, -0.2) is 0 Å². The molecule has 1 amide bonds. The molecule has 0 radical (unpaired) electrons. The van der Waals surface area contributed by atoms with Crippen LogP contribution in [0, 0.1) is 0 Å². The number of methoxy groups -OCH3 is 1. The molecule has 2 N–H and O–H groups in total. The highest BCUT2D eigenvalue weighted by atomic mass is 35.5. The molecule has 7 heteroatoms. The van der Waals surface area contributed by atoms with Crippen molar-refractivity contribution in [2.24, 2.45) is 0 Å². The number of hydrogen-bond acceptors (Lipinski definition) is 4. The fourth-order valence-electron chi connectivity index (χ4n) is 1.73. The molecule has 1 atom stereocenters. The van der Waals surface area contributed by atoms with Gasteiger partial charge in [0.05, 0.1) is 6.61 Å². The third-order valence-electron chi connectivity index (χ3n) is 2.85. The van der Waals surface area contributed by atoms with Crippen LogP contribution in [0.5, 0.6) is 0 Å². The summed E-state index contributed by atoms with van der Waals surface area (Å²) >= 11 is 0. The molecule has 1 rings (SSSR count). The van der Waals surface area contributed by atoms with Gasteiger partial charge in [-0.05, 0) is 17.5 Å². The third kappa shape index (κ3) is 10.5. The Labute approximate surface area is 139 Å². The molecule has 5 nitrogen and oxygen atoms in total. The summed E-state index contributed by atoms with van der Waals surface area (Å²) in [5, 5.41) is 6.07. The van der Waals surface area contributed by atoms with Gasteiger partial charge in [0.1, 0.15) is 0 Å². The van der Waals surface area contributed by atoms with E-state index < -0.39 is 0 Å². The first-order valence-corrected chi connectivity index (χ1v) is 6.60. The van der Waals surface area contributed by atoms with Gasteiger partial charge in [-0.2, -0.15) is 0 Å². The van der Waals surface area contributed by atoms with Crippen LogP contribution in [-0.4, -0.2) is 44.2 Å². The molecule has 1 aromatic rings. The van der Waals surface area contributed by atoms with Crippen molar-refractivity contribution in [1.29, 1.82) is 0 Å². The molecule has 1 unspecified atom stereocenters. The quantitative estimate of drug-likeness (QED) is 0.674. The zero-order valence-corrected chi connectivity index (χ0v) is 14.1. The van der Waals surface area contributed by atoms with Crippen molar-refractivity contribution in [2.45, 2.75) is 19.3 Å². The van der Waals surface area contributed by atoms with Crippen molar-refractivity contribution in [3.63, 3.8) is 0 Å². The Bertz CT molecular complexity index is 366. The predicted molar refractivity (Wildman–Crippen MR) is 89.5 cm³/mol. The highest BCUT2D eigenvalue weighted by molar-refractivity contribution is 5.85. The van der Waals surface area contributed by atoms with E-state index in [-0.39, 0.29) is 36.6 Å². The topological polar surface area (TPSA) is 63.2 Å². The Kier molecular flexibility index (Phi) is 15.0. The van der Waals surface area contributed by atoms with Gasteiger partial charge in [0.25, 0.3) is 0 Å². The number of halogens is 2. The van der Waals surface area contributed by atoms with Gasteiger partial charge in [-0.3, -0.25) is 9.78 Å². The van der Waals surface area contributed by atoms with Gasteiger partial charge in [0.15, 0.2) is 0 Å². The molecule has 0 spiro atoms. The summed E-state index contributed by atoms with van der Waals surface area (Å²) in [4.78, 5) is 15.8. The molecule has 21 heavy (non-hydrogen) atoms. The largest absolute Gasteiger partial charge is 0.383 e. The molecule has 0 aliphatic rings. The van der Waals surface area contributed by atoms with E-state index in [9.17, 15) is 4.79 Å². The number of aromatic nitrogens is 1. The number of amides is 1. The number of ether oxygens (including phenoxy) is 1. The number of carbonyl (C=O) groups excluding carboxylic acids is 1. The van der Waals surface area contributed by atoms with Crippen LogP contribution >= 0.6 is 24.8 Å². The molecule has 0 aliphatic heterocycles. The van der Waals surface area contributed by atoms with Gasteiger partial charge in [0, 0.05) is 45.6 Å². The van der Waals surface area contributed by atoms with Crippen LogP contribution in [0.4, 0.5) is 0 Å². The molecule has 0 saturated carbocycles. The van der Waals surface area contributed by atoms with Crippen molar-refractivity contribution in [1.82, 2.24) is 15.6 Å². The predicted octanol–water partition coefficient (Wildman–Crippen LogP) is 1.77. The van der Waals surface area contributed by atoms with Gasteiger partial charge in [-0.15, -0.1) is 24.8 Å². The zero-order valence-electron chi connectivity index (χ0n) is 12.5. The van der Waals surface area contributed by atoms with Crippen molar-refractivity contribution < 1.29 is 9.53 Å². The summed E-state index contributed by atoms with van der Waals surface area (Å²) in [5.41, 5.74) is 1.09. The van der Waals surface area contributed by atoms with E-state index in [0.717, 1.165) is 18.7 Å². The summed E-state index contributed by atoms with van der Waals surface area (Å²) in [6.07, 6.45) is 4.04. The fraction of sp³-hybridized carbons (Fsp3) is 0.571. The molecule has 0 aromatic carbocycles. The zero-order chi connectivity index (χ0) is 13.9. The van der Waals surface area contributed by atoms with Gasteiger partial charge < -0.3 is 15.4 Å². The van der Waals surface area contributed by atoms with E-state index in [0.29, 0.717) is 19.6 Å². The summed E-state index contributed by atoms with van der Waals surface area (Å²) in [7, 11) is 1.67. The lowest BCUT2D eigenvalue weighted by molar-refractivity contribution is -0.121. The van der Waals surface area contributed by atoms with Gasteiger partial charge in [0.2, 0.25) is 5.91 Å². The average Bonchev–Trinajstić information content (AvgIpc) is 2.43.